The monoisotopic (exact) mass is 439 g/mol. The summed E-state index contributed by atoms with van der Waals surface area (Å²) in [5, 5.41) is 7.00. The van der Waals surface area contributed by atoms with Crippen LogP contribution >= 0.6 is 0 Å². The Balaban J connectivity index is -0.0000000326. The van der Waals surface area contributed by atoms with Crippen LogP contribution < -0.4 is 11.5 Å². The largest absolute Gasteiger partial charge is 0.542 e. The van der Waals surface area contributed by atoms with Crippen molar-refractivity contribution in [3.63, 3.8) is 0 Å². The molecule has 0 saturated heterocycles. The summed E-state index contributed by atoms with van der Waals surface area (Å²) in [5.41, 5.74) is 10.2. The van der Waals surface area contributed by atoms with E-state index in [0.29, 0.717) is 0 Å². The van der Waals surface area contributed by atoms with E-state index in [1.165, 1.54) is 19.6 Å². The van der Waals surface area contributed by atoms with Crippen molar-refractivity contribution >= 4 is 12.2 Å². The minimum atomic E-state index is -0.491. The first kappa shape index (κ1) is 36.7. The third kappa shape index (κ3) is 69.4. The third-order valence-corrected chi connectivity index (χ3v) is 1.05. The molecule has 0 aromatic heterocycles. The van der Waals surface area contributed by atoms with Crippen molar-refractivity contribution in [2.75, 3.05) is 7.11 Å². The summed E-state index contributed by atoms with van der Waals surface area (Å²) in [5.74, 6) is -0.285. The molecule has 5 N–H and O–H groups in total. The molecule has 5 nitrogen and oxygen atoms in total. The maximum atomic E-state index is 10.2. The van der Waals surface area contributed by atoms with Gasteiger partial charge in [-0.15, -0.1) is 0 Å². The maximum Gasteiger partial charge on any atom is 0.234 e. The van der Waals surface area contributed by atoms with Crippen molar-refractivity contribution in [1.82, 2.24) is 0 Å². The van der Waals surface area contributed by atoms with Gasteiger partial charge in [-0.05, 0) is 5.92 Å². The van der Waals surface area contributed by atoms with Gasteiger partial charge in [-0.3, -0.25) is 11.1 Å². The van der Waals surface area contributed by atoms with Crippen LogP contribution in [0.4, 0.5) is 0 Å². The van der Waals surface area contributed by atoms with Gasteiger partial charge in [0, 0.05) is 54.0 Å². The number of nitrogens with two attached hydrogens (primary N) is 2. The standard InChI is InChI=1S/C5H12N2O.C3H8.C2H3O.C2H6.CH4O.Yb/c1-3(2)4(6)5(7)8;1-3-2;1-2-3;2*1-2;/h3-4H,6H2,1-2H3,(H2,7,8);3H2,1-2H3;1H3;1-2H3;2H,1H3;/q;;-1;;;. The Morgan fingerprint density at radius 1 is 1.21 bits per heavy atom. The number of primary amides is 1. The molecule has 0 aromatic rings. The van der Waals surface area contributed by atoms with Gasteiger partial charge in [-0.2, -0.15) is 6.92 Å². The molecular weight excluding hydrogens is 405 g/mol. The Bertz CT molecular complexity index is 146. The van der Waals surface area contributed by atoms with Gasteiger partial charge in [0.05, 0.1) is 6.04 Å². The van der Waals surface area contributed by atoms with E-state index in [9.17, 15) is 4.79 Å². The average molecular weight is 438 g/mol. The van der Waals surface area contributed by atoms with Gasteiger partial charge in [0.1, 0.15) is 0 Å². The molecule has 1 amide bonds. The second-order valence-corrected chi connectivity index (χ2v) is 3.08. The van der Waals surface area contributed by atoms with Gasteiger partial charge in [0.2, 0.25) is 5.91 Å². The number of carbonyl (C=O) groups is 1. The molecule has 0 radical (unpaired) electrons. The van der Waals surface area contributed by atoms with E-state index < -0.39 is 11.9 Å². The summed E-state index contributed by atoms with van der Waals surface area (Å²) in [4.78, 5) is 18.9. The van der Waals surface area contributed by atoms with Crippen LogP contribution in [-0.2, 0) is 9.59 Å². The SMILES string of the molecule is CC.CC(C)C(N)C(N)=O.CCC.CO.C[C-]=O.[Yb]. The van der Waals surface area contributed by atoms with Crippen LogP contribution in [0.3, 0.4) is 0 Å². The number of amides is 1. The van der Waals surface area contributed by atoms with Crippen LogP contribution in [0.2, 0.25) is 0 Å². The van der Waals surface area contributed by atoms with E-state index in [0.717, 1.165) is 7.11 Å². The third-order valence-electron chi connectivity index (χ3n) is 1.05. The summed E-state index contributed by atoms with van der Waals surface area (Å²) in [6.07, 6.45) is 2.75. The van der Waals surface area contributed by atoms with E-state index in [-0.39, 0.29) is 52.8 Å². The predicted molar refractivity (Wildman–Crippen MR) is 78.8 cm³/mol. The molecule has 0 heterocycles. The van der Waals surface area contributed by atoms with Gasteiger partial charge in [-0.1, -0.05) is 48.0 Å². The topological polar surface area (TPSA) is 106 Å². The summed E-state index contributed by atoms with van der Waals surface area (Å²) >= 11 is 0. The Morgan fingerprint density at radius 2 is 1.37 bits per heavy atom. The summed E-state index contributed by atoms with van der Waals surface area (Å²) in [6, 6.07) is -0.491. The van der Waals surface area contributed by atoms with Crippen molar-refractivity contribution in [3.05, 3.63) is 0 Å². The van der Waals surface area contributed by atoms with Gasteiger partial charge < -0.3 is 21.4 Å². The normalized spacial score (nSPS) is 8.16. The second-order valence-electron chi connectivity index (χ2n) is 3.08. The summed E-state index contributed by atoms with van der Waals surface area (Å²) in [7, 11) is 1.00. The van der Waals surface area contributed by atoms with E-state index in [1.807, 2.05) is 27.7 Å². The van der Waals surface area contributed by atoms with Crippen LogP contribution in [0.25, 0.3) is 0 Å². The zero-order valence-electron chi connectivity index (χ0n) is 13.5. The Labute approximate surface area is 158 Å². The number of hydrogen-bond donors (Lipinski definition) is 3. The van der Waals surface area contributed by atoms with Crippen molar-refractivity contribution in [3.8, 4) is 0 Å². The molecule has 6 heteroatoms. The molecule has 0 bridgehead atoms. The summed E-state index contributed by atoms with van der Waals surface area (Å²) in [6.45, 7) is 13.3. The van der Waals surface area contributed by atoms with Crippen LogP contribution in [0.5, 0.6) is 0 Å². The fraction of sp³-hybridized carbons (Fsp3) is 0.846. The molecule has 19 heavy (non-hydrogen) atoms. The fourth-order valence-electron chi connectivity index (χ4n) is 0.329. The zero-order chi connectivity index (χ0) is 16.1. The van der Waals surface area contributed by atoms with E-state index in [1.54, 1.807) is 0 Å². The Kier molecular flexibility index (Phi) is 82.6. The minimum Gasteiger partial charge on any atom is -0.542 e. The molecule has 128 valence electrons. The second kappa shape index (κ2) is 42.8. The molecule has 0 aliphatic rings. The van der Waals surface area contributed by atoms with E-state index in [4.69, 9.17) is 21.4 Å². The number of aliphatic hydroxyl groups is 1. The van der Waals surface area contributed by atoms with Crippen LogP contribution in [0.1, 0.15) is 54.9 Å². The molecule has 1 unspecified atom stereocenters. The van der Waals surface area contributed by atoms with Crippen molar-refractivity contribution in [2.45, 2.75) is 60.9 Å². The molecule has 0 aromatic carbocycles. The van der Waals surface area contributed by atoms with Gasteiger partial charge in [-0.25, -0.2) is 0 Å². The molecule has 0 saturated carbocycles. The predicted octanol–water partition coefficient (Wildman–Crippen LogP) is 1.62. The first-order valence-corrected chi connectivity index (χ1v) is 6.17. The molecule has 0 spiro atoms. The minimum absolute atomic E-state index is 0. The molecular formula is C13H33N2O3Yb-. The zero-order valence-corrected chi connectivity index (χ0v) is 15.3. The molecule has 0 aliphatic carbocycles. The first-order valence-electron chi connectivity index (χ1n) is 6.17. The Hall–Kier alpha value is 0.579. The van der Waals surface area contributed by atoms with Gasteiger partial charge in [0.25, 0.3) is 0 Å². The molecule has 1 atom stereocenters. The maximum absolute atomic E-state index is 10.2. The van der Waals surface area contributed by atoms with Gasteiger partial charge >= 0.3 is 0 Å². The first-order chi connectivity index (χ1) is 8.38. The average Bonchev–Trinajstić information content (AvgIpc) is 2.35. The number of rotatable bonds is 2. The van der Waals surface area contributed by atoms with Crippen LogP contribution in [0.15, 0.2) is 0 Å². The molecule has 0 aliphatic heterocycles. The molecule has 0 fully saturated rings. The van der Waals surface area contributed by atoms with Crippen molar-refractivity contribution in [2.24, 2.45) is 17.4 Å². The molecule has 0 rings (SSSR count). The van der Waals surface area contributed by atoms with Crippen LogP contribution in [0, 0.1) is 52.8 Å². The Morgan fingerprint density at radius 3 is 1.37 bits per heavy atom. The number of carbonyl (C=O) groups excluding carboxylic acids is 2. The van der Waals surface area contributed by atoms with Crippen molar-refractivity contribution < 1.29 is 61.6 Å². The fourth-order valence-corrected chi connectivity index (χ4v) is 0.329. The number of aliphatic hydroxyl groups excluding tert-OH is 1. The quantitative estimate of drug-likeness (QED) is 0.570. The van der Waals surface area contributed by atoms with Crippen molar-refractivity contribution in [1.29, 1.82) is 0 Å². The smallest absolute Gasteiger partial charge is 0.234 e. The van der Waals surface area contributed by atoms with Crippen LogP contribution in [-0.4, -0.2) is 30.5 Å². The van der Waals surface area contributed by atoms with Gasteiger partial charge in [0.15, 0.2) is 0 Å². The number of hydrogen-bond acceptors (Lipinski definition) is 4. The van der Waals surface area contributed by atoms with E-state index in [2.05, 4.69) is 13.8 Å². The van der Waals surface area contributed by atoms with E-state index >= 15 is 0 Å². The summed E-state index contributed by atoms with van der Waals surface area (Å²) < 4.78 is 0.